The van der Waals surface area contributed by atoms with Crippen molar-refractivity contribution in [1.82, 2.24) is 10.2 Å². The van der Waals surface area contributed by atoms with Crippen LogP contribution in [-0.4, -0.2) is 36.5 Å². The van der Waals surface area contributed by atoms with Crippen LogP contribution in [0.25, 0.3) is 0 Å². The third-order valence-electron chi connectivity index (χ3n) is 3.98. The maximum absolute atomic E-state index is 12.6. The minimum Gasteiger partial charge on any atom is -0.335 e. The molecule has 0 bridgehead atoms. The van der Waals surface area contributed by atoms with Crippen LogP contribution in [-0.2, 0) is 0 Å². The number of amides is 1. The first kappa shape index (κ1) is 13.6. The molecule has 0 atom stereocenters. The van der Waals surface area contributed by atoms with E-state index in [0.29, 0.717) is 12.0 Å². The van der Waals surface area contributed by atoms with E-state index in [0.717, 1.165) is 29.0 Å². The summed E-state index contributed by atoms with van der Waals surface area (Å²) in [6.07, 6.45) is 4.76. The Morgan fingerprint density at radius 1 is 1.37 bits per heavy atom. The fourth-order valence-electron chi connectivity index (χ4n) is 2.71. The molecule has 1 saturated carbocycles. The van der Waals surface area contributed by atoms with Crippen molar-refractivity contribution in [3.63, 3.8) is 0 Å². The third kappa shape index (κ3) is 3.38. The van der Waals surface area contributed by atoms with Crippen molar-refractivity contribution in [2.75, 3.05) is 19.6 Å². The molecule has 104 valence electrons. The standard InChI is InChI=1S/C14H19BrN2OS/c15-13-7-11(9-19-13)14(18)17(12-1-2-12)8-10-3-5-16-6-4-10/h7,9-10,12,16H,1-6,8H2. The molecule has 2 fully saturated rings. The zero-order valence-corrected chi connectivity index (χ0v) is 13.3. The number of hydrogen-bond acceptors (Lipinski definition) is 3. The molecule has 0 aromatic carbocycles. The summed E-state index contributed by atoms with van der Waals surface area (Å²) in [5, 5.41) is 5.35. The molecular formula is C14H19BrN2OS. The normalized spacial score (nSPS) is 20.5. The second kappa shape index (κ2) is 5.94. The average molecular weight is 343 g/mol. The second-order valence-corrected chi connectivity index (χ2v) is 7.81. The number of nitrogens with one attached hydrogen (secondary N) is 1. The van der Waals surface area contributed by atoms with Gasteiger partial charge in [-0.3, -0.25) is 4.79 Å². The highest BCUT2D eigenvalue weighted by atomic mass is 79.9. The molecule has 2 aliphatic rings. The van der Waals surface area contributed by atoms with Gasteiger partial charge in [0, 0.05) is 18.0 Å². The van der Waals surface area contributed by atoms with Crippen molar-refractivity contribution in [1.29, 1.82) is 0 Å². The first-order chi connectivity index (χ1) is 9.24. The van der Waals surface area contributed by atoms with Crippen LogP contribution in [0.5, 0.6) is 0 Å². The quantitative estimate of drug-likeness (QED) is 0.911. The molecular weight excluding hydrogens is 324 g/mol. The van der Waals surface area contributed by atoms with Gasteiger partial charge in [-0.2, -0.15) is 0 Å². The van der Waals surface area contributed by atoms with E-state index in [2.05, 4.69) is 26.1 Å². The van der Waals surface area contributed by atoms with Crippen LogP contribution >= 0.6 is 27.3 Å². The van der Waals surface area contributed by atoms with Crippen molar-refractivity contribution in [3.05, 3.63) is 20.8 Å². The van der Waals surface area contributed by atoms with Gasteiger partial charge in [0.2, 0.25) is 0 Å². The lowest BCUT2D eigenvalue weighted by Gasteiger charge is -2.30. The van der Waals surface area contributed by atoms with E-state index < -0.39 is 0 Å². The third-order valence-corrected chi connectivity index (χ3v) is 5.48. The molecule has 1 amide bonds. The summed E-state index contributed by atoms with van der Waals surface area (Å²) in [5.74, 6) is 0.899. The highest BCUT2D eigenvalue weighted by molar-refractivity contribution is 9.11. The van der Waals surface area contributed by atoms with Crippen LogP contribution in [0.1, 0.15) is 36.0 Å². The molecule has 3 nitrogen and oxygen atoms in total. The Bertz CT molecular complexity index is 452. The molecule has 0 unspecified atom stereocenters. The van der Waals surface area contributed by atoms with E-state index in [1.807, 2.05) is 11.4 Å². The number of hydrogen-bond donors (Lipinski definition) is 1. The number of carbonyl (C=O) groups is 1. The largest absolute Gasteiger partial charge is 0.335 e. The lowest BCUT2D eigenvalue weighted by atomic mass is 9.97. The topological polar surface area (TPSA) is 32.3 Å². The van der Waals surface area contributed by atoms with E-state index in [1.54, 1.807) is 11.3 Å². The molecule has 1 aromatic rings. The average Bonchev–Trinajstić information content (AvgIpc) is 3.18. The summed E-state index contributed by atoms with van der Waals surface area (Å²) in [5.41, 5.74) is 0.845. The SMILES string of the molecule is O=C(c1csc(Br)c1)N(CC1CCNCC1)C1CC1. The van der Waals surface area contributed by atoms with Gasteiger partial charge in [-0.15, -0.1) is 11.3 Å². The predicted molar refractivity (Wildman–Crippen MR) is 81.7 cm³/mol. The van der Waals surface area contributed by atoms with Crippen LogP contribution in [0.4, 0.5) is 0 Å². The number of thiophene rings is 1. The Hall–Kier alpha value is -0.390. The molecule has 1 aromatic heterocycles. The molecule has 0 radical (unpaired) electrons. The van der Waals surface area contributed by atoms with Crippen molar-refractivity contribution >= 4 is 33.2 Å². The van der Waals surface area contributed by atoms with Gasteiger partial charge in [-0.1, -0.05) is 0 Å². The van der Waals surface area contributed by atoms with Crippen LogP contribution in [0.15, 0.2) is 15.2 Å². The summed E-state index contributed by atoms with van der Waals surface area (Å²) >= 11 is 5.03. The van der Waals surface area contributed by atoms with Crippen molar-refractivity contribution in [2.45, 2.75) is 31.7 Å². The molecule has 2 heterocycles. The highest BCUT2D eigenvalue weighted by Crippen LogP contribution is 2.31. The van der Waals surface area contributed by atoms with Crippen LogP contribution in [0, 0.1) is 5.92 Å². The Morgan fingerprint density at radius 2 is 2.11 bits per heavy atom. The Balaban J connectivity index is 1.68. The van der Waals surface area contributed by atoms with Crippen molar-refractivity contribution in [3.8, 4) is 0 Å². The van der Waals surface area contributed by atoms with Gasteiger partial charge in [0.15, 0.2) is 0 Å². The molecule has 1 aliphatic carbocycles. The van der Waals surface area contributed by atoms with Crippen LogP contribution in [0.3, 0.4) is 0 Å². The number of carbonyl (C=O) groups excluding carboxylic acids is 1. The lowest BCUT2D eigenvalue weighted by molar-refractivity contribution is 0.0702. The predicted octanol–water partition coefficient (Wildman–Crippen LogP) is 3.11. The first-order valence-corrected chi connectivity index (χ1v) is 8.67. The van der Waals surface area contributed by atoms with Gasteiger partial charge >= 0.3 is 0 Å². The molecule has 3 rings (SSSR count). The van der Waals surface area contributed by atoms with Gasteiger partial charge in [0.1, 0.15) is 0 Å². The number of piperidine rings is 1. The van der Waals surface area contributed by atoms with E-state index in [-0.39, 0.29) is 5.91 Å². The fraction of sp³-hybridized carbons (Fsp3) is 0.643. The van der Waals surface area contributed by atoms with E-state index in [1.165, 1.54) is 25.7 Å². The number of nitrogens with zero attached hydrogens (tertiary/aromatic N) is 1. The number of halogens is 1. The Morgan fingerprint density at radius 3 is 2.68 bits per heavy atom. The van der Waals surface area contributed by atoms with Crippen molar-refractivity contribution in [2.24, 2.45) is 5.92 Å². The summed E-state index contributed by atoms with van der Waals surface area (Å²) in [4.78, 5) is 14.7. The molecule has 1 N–H and O–H groups in total. The fourth-order valence-corrected chi connectivity index (χ4v) is 3.84. The zero-order chi connectivity index (χ0) is 13.2. The van der Waals surface area contributed by atoms with Gasteiger partial charge in [0.05, 0.1) is 9.35 Å². The summed E-state index contributed by atoms with van der Waals surface area (Å²) in [6.45, 7) is 3.14. The van der Waals surface area contributed by atoms with E-state index in [4.69, 9.17) is 0 Å². The Labute approximate surface area is 126 Å². The maximum atomic E-state index is 12.6. The summed E-state index contributed by atoms with van der Waals surface area (Å²) in [7, 11) is 0. The monoisotopic (exact) mass is 342 g/mol. The van der Waals surface area contributed by atoms with Crippen LogP contribution in [0.2, 0.25) is 0 Å². The number of rotatable bonds is 4. The lowest BCUT2D eigenvalue weighted by Crippen LogP contribution is -2.40. The smallest absolute Gasteiger partial charge is 0.254 e. The molecule has 19 heavy (non-hydrogen) atoms. The van der Waals surface area contributed by atoms with Crippen molar-refractivity contribution < 1.29 is 4.79 Å². The van der Waals surface area contributed by atoms with E-state index in [9.17, 15) is 4.79 Å². The van der Waals surface area contributed by atoms with Gasteiger partial charge in [0.25, 0.3) is 5.91 Å². The Kier molecular flexibility index (Phi) is 4.24. The minimum absolute atomic E-state index is 0.225. The first-order valence-electron chi connectivity index (χ1n) is 7.00. The van der Waals surface area contributed by atoms with E-state index >= 15 is 0 Å². The zero-order valence-electron chi connectivity index (χ0n) is 10.9. The second-order valence-electron chi connectivity index (χ2n) is 5.52. The molecule has 0 spiro atoms. The van der Waals surface area contributed by atoms with Gasteiger partial charge < -0.3 is 10.2 Å². The summed E-state index contributed by atoms with van der Waals surface area (Å²) in [6, 6.07) is 2.45. The summed E-state index contributed by atoms with van der Waals surface area (Å²) < 4.78 is 1.04. The minimum atomic E-state index is 0.225. The highest BCUT2D eigenvalue weighted by Gasteiger charge is 2.34. The van der Waals surface area contributed by atoms with Gasteiger partial charge in [-0.25, -0.2) is 0 Å². The molecule has 5 heteroatoms. The van der Waals surface area contributed by atoms with Gasteiger partial charge in [-0.05, 0) is 66.7 Å². The maximum Gasteiger partial charge on any atom is 0.254 e. The molecule has 1 saturated heterocycles. The van der Waals surface area contributed by atoms with Crippen LogP contribution < -0.4 is 5.32 Å². The molecule has 1 aliphatic heterocycles.